The van der Waals surface area contributed by atoms with Crippen LogP contribution in [0.3, 0.4) is 0 Å². The quantitative estimate of drug-likeness (QED) is 0.600. The van der Waals surface area contributed by atoms with Gasteiger partial charge in [0, 0.05) is 11.4 Å². The zero-order valence-electron chi connectivity index (χ0n) is 14.3. The first-order chi connectivity index (χ1) is 11.1. The van der Waals surface area contributed by atoms with E-state index in [2.05, 4.69) is 87.3 Å². The minimum atomic E-state index is 1.02. The first kappa shape index (κ1) is 16.8. The van der Waals surface area contributed by atoms with E-state index in [4.69, 9.17) is 0 Å². The Labute approximate surface area is 140 Å². The molecule has 0 fully saturated rings. The summed E-state index contributed by atoms with van der Waals surface area (Å²) in [5.41, 5.74) is 7.31. The number of hydrogen-bond donors (Lipinski definition) is 1. The molecule has 0 amide bonds. The van der Waals surface area contributed by atoms with E-state index >= 15 is 0 Å². The van der Waals surface area contributed by atoms with Crippen molar-refractivity contribution in [2.45, 2.75) is 27.2 Å². The summed E-state index contributed by atoms with van der Waals surface area (Å²) >= 11 is 0. The van der Waals surface area contributed by atoms with Crippen LogP contribution in [-0.4, -0.2) is 0 Å². The SMILES string of the molecule is C=C/C=C\C(Nc1ccc(-c2ccc(C)cc2)cc1)=C(/C)CC. The molecule has 1 N–H and O–H groups in total. The lowest BCUT2D eigenvalue weighted by atomic mass is 10.0. The summed E-state index contributed by atoms with van der Waals surface area (Å²) in [5.74, 6) is 0. The summed E-state index contributed by atoms with van der Waals surface area (Å²) in [6.45, 7) is 10.2. The third-order valence-corrected chi connectivity index (χ3v) is 3.94. The molecule has 1 nitrogen and oxygen atoms in total. The molecule has 0 saturated carbocycles. The maximum Gasteiger partial charge on any atom is 0.0384 e. The lowest BCUT2D eigenvalue weighted by molar-refractivity contribution is 1.07. The van der Waals surface area contributed by atoms with Gasteiger partial charge in [-0.2, -0.15) is 0 Å². The highest BCUT2D eigenvalue weighted by Crippen LogP contribution is 2.23. The van der Waals surface area contributed by atoms with Crippen molar-refractivity contribution in [2.75, 3.05) is 5.32 Å². The van der Waals surface area contributed by atoms with Crippen molar-refractivity contribution in [2.24, 2.45) is 0 Å². The van der Waals surface area contributed by atoms with E-state index in [-0.39, 0.29) is 0 Å². The molecule has 0 aliphatic heterocycles. The van der Waals surface area contributed by atoms with E-state index in [1.807, 2.05) is 6.08 Å². The summed E-state index contributed by atoms with van der Waals surface area (Å²) in [6.07, 6.45) is 6.85. The number of aryl methyl sites for hydroxylation is 1. The van der Waals surface area contributed by atoms with Crippen LogP contribution >= 0.6 is 0 Å². The van der Waals surface area contributed by atoms with E-state index < -0.39 is 0 Å². The normalized spacial score (nSPS) is 12.1. The number of anilines is 1. The van der Waals surface area contributed by atoms with E-state index in [1.54, 1.807) is 6.08 Å². The number of hydrogen-bond acceptors (Lipinski definition) is 1. The zero-order chi connectivity index (χ0) is 16.7. The molecule has 118 valence electrons. The summed E-state index contributed by atoms with van der Waals surface area (Å²) < 4.78 is 0. The van der Waals surface area contributed by atoms with Crippen LogP contribution in [0.4, 0.5) is 5.69 Å². The molecule has 0 heterocycles. The topological polar surface area (TPSA) is 12.0 Å². The van der Waals surface area contributed by atoms with Gasteiger partial charge >= 0.3 is 0 Å². The highest BCUT2D eigenvalue weighted by molar-refractivity contribution is 5.67. The van der Waals surface area contributed by atoms with Gasteiger partial charge in [0.15, 0.2) is 0 Å². The second-order valence-electron chi connectivity index (χ2n) is 5.71. The first-order valence-electron chi connectivity index (χ1n) is 8.07. The molecule has 0 saturated heterocycles. The molecule has 0 aliphatic carbocycles. The Bertz CT molecular complexity index is 701. The number of rotatable bonds is 6. The Hall–Kier alpha value is -2.54. The molecular weight excluding hydrogens is 278 g/mol. The fourth-order valence-electron chi connectivity index (χ4n) is 2.29. The van der Waals surface area contributed by atoms with Gasteiger partial charge < -0.3 is 5.32 Å². The van der Waals surface area contributed by atoms with Crippen molar-refractivity contribution in [3.63, 3.8) is 0 Å². The van der Waals surface area contributed by atoms with Crippen molar-refractivity contribution in [1.29, 1.82) is 0 Å². The van der Waals surface area contributed by atoms with Crippen molar-refractivity contribution in [3.05, 3.63) is 90.2 Å². The minimum absolute atomic E-state index is 1.02. The average Bonchev–Trinajstić information content (AvgIpc) is 2.59. The highest BCUT2D eigenvalue weighted by atomic mass is 14.9. The predicted octanol–water partition coefficient (Wildman–Crippen LogP) is 6.50. The lowest BCUT2D eigenvalue weighted by Gasteiger charge is -2.12. The number of benzene rings is 2. The molecule has 0 spiro atoms. The lowest BCUT2D eigenvalue weighted by Crippen LogP contribution is -1.99. The average molecular weight is 303 g/mol. The highest BCUT2D eigenvalue weighted by Gasteiger charge is 2.01. The molecule has 1 heteroatoms. The number of nitrogens with one attached hydrogen (secondary N) is 1. The third-order valence-electron chi connectivity index (χ3n) is 3.94. The summed E-state index contributed by atoms with van der Waals surface area (Å²) in [6, 6.07) is 17.2. The van der Waals surface area contributed by atoms with Gasteiger partial charge in [-0.3, -0.25) is 0 Å². The van der Waals surface area contributed by atoms with Gasteiger partial charge in [0.2, 0.25) is 0 Å². The van der Waals surface area contributed by atoms with Gasteiger partial charge in [-0.1, -0.05) is 73.2 Å². The van der Waals surface area contributed by atoms with Gasteiger partial charge in [-0.15, -0.1) is 0 Å². The van der Waals surface area contributed by atoms with Crippen LogP contribution in [0.15, 0.2) is 84.6 Å². The Balaban J connectivity index is 2.20. The van der Waals surface area contributed by atoms with Gasteiger partial charge in [0.1, 0.15) is 0 Å². The number of allylic oxidation sites excluding steroid dienone is 4. The van der Waals surface area contributed by atoms with Crippen molar-refractivity contribution < 1.29 is 0 Å². The van der Waals surface area contributed by atoms with Crippen LogP contribution in [-0.2, 0) is 0 Å². The summed E-state index contributed by atoms with van der Waals surface area (Å²) in [4.78, 5) is 0. The fraction of sp³-hybridized carbons (Fsp3) is 0.182. The molecule has 0 atom stereocenters. The first-order valence-corrected chi connectivity index (χ1v) is 8.07. The summed E-state index contributed by atoms with van der Waals surface area (Å²) in [5, 5.41) is 3.50. The predicted molar refractivity (Wildman–Crippen MR) is 103 cm³/mol. The van der Waals surface area contributed by atoms with Gasteiger partial charge in [0.05, 0.1) is 0 Å². The Morgan fingerprint density at radius 3 is 2.09 bits per heavy atom. The second kappa shape index (κ2) is 8.19. The van der Waals surface area contributed by atoms with Crippen LogP contribution in [0.25, 0.3) is 11.1 Å². The smallest absolute Gasteiger partial charge is 0.0384 e. The van der Waals surface area contributed by atoms with E-state index in [9.17, 15) is 0 Å². The molecule has 0 unspecified atom stereocenters. The summed E-state index contributed by atoms with van der Waals surface area (Å²) in [7, 11) is 0. The molecule has 0 bridgehead atoms. The molecule has 2 rings (SSSR count). The van der Waals surface area contributed by atoms with Crippen LogP contribution in [0, 0.1) is 6.92 Å². The standard InChI is InChI=1S/C22H25N/c1-5-7-8-22(18(4)6-2)23-21-15-13-20(14-16-21)19-11-9-17(3)10-12-19/h5,7-16,23H,1,6H2,2-4H3/b8-7-,22-18-. The minimum Gasteiger partial charge on any atom is -0.356 e. The molecule has 2 aromatic rings. The van der Waals surface area contributed by atoms with Crippen LogP contribution in [0.1, 0.15) is 25.8 Å². The maximum atomic E-state index is 3.74. The van der Waals surface area contributed by atoms with Crippen LogP contribution in [0.2, 0.25) is 0 Å². The molecule has 0 aliphatic rings. The molecular formula is C22H25N. The van der Waals surface area contributed by atoms with E-state index in [1.165, 1.54) is 22.3 Å². The monoisotopic (exact) mass is 303 g/mol. The molecule has 2 aromatic carbocycles. The third kappa shape index (κ3) is 4.72. The van der Waals surface area contributed by atoms with E-state index in [0.717, 1.165) is 17.8 Å². The van der Waals surface area contributed by atoms with Gasteiger partial charge in [-0.05, 0) is 49.6 Å². The maximum absolute atomic E-state index is 3.74. The zero-order valence-corrected chi connectivity index (χ0v) is 14.3. The van der Waals surface area contributed by atoms with Crippen LogP contribution < -0.4 is 5.32 Å². The van der Waals surface area contributed by atoms with Crippen LogP contribution in [0.5, 0.6) is 0 Å². The Morgan fingerprint density at radius 2 is 1.57 bits per heavy atom. The Morgan fingerprint density at radius 1 is 1.00 bits per heavy atom. The van der Waals surface area contributed by atoms with Gasteiger partial charge in [-0.25, -0.2) is 0 Å². The van der Waals surface area contributed by atoms with Crippen molar-refractivity contribution in [1.82, 2.24) is 0 Å². The Kier molecular flexibility index (Phi) is 5.99. The molecule has 0 radical (unpaired) electrons. The van der Waals surface area contributed by atoms with Gasteiger partial charge in [0.25, 0.3) is 0 Å². The van der Waals surface area contributed by atoms with Crippen molar-refractivity contribution >= 4 is 5.69 Å². The van der Waals surface area contributed by atoms with Crippen molar-refractivity contribution in [3.8, 4) is 11.1 Å². The fourth-order valence-corrected chi connectivity index (χ4v) is 2.29. The van der Waals surface area contributed by atoms with E-state index in [0.29, 0.717) is 0 Å². The molecule has 0 aromatic heterocycles. The largest absolute Gasteiger partial charge is 0.356 e. The second-order valence-corrected chi connectivity index (χ2v) is 5.71. The molecule has 23 heavy (non-hydrogen) atoms.